The van der Waals surface area contributed by atoms with E-state index in [2.05, 4.69) is 6.92 Å². The average Bonchev–Trinajstić information content (AvgIpc) is 2.82. The van der Waals surface area contributed by atoms with Crippen LogP contribution in [0.25, 0.3) is 0 Å². The number of carbonyl (C=O) groups is 2. The Balaban J connectivity index is 2.48. The predicted octanol–water partition coefficient (Wildman–Crippen LogP) is 3.25. The fraction of sp³-hybridized carbons (Fsp3) is 0.700. The van der Waals surface area contributed by atoms with Crippen LogP contribution in [0.15, 0.2) is 24.3 Å². The van der Waals surface area contributed by atoms with Gasteiger partial charge in [0.2, 0.25) is 0 Å². The summed E-state index contributed by atoms with van der Waals surface area (Å²) < 4.78 is 0. The molecule has 0 aromatic carbocycles. The van der Waals surface area contributed by atoms with E-state index in [1.165, 1.54) is 0 Å². The number of ketones is 1. The minimum atomic E-state index is -0.798. The number of hydrogen-bond acceptors (Lipinski definition) is 4. The number of aliphatic hydroxyl groups is 2. The molecule has 0 spiro atoms. The first kappa shape index (κ1) is 21.6. The molecule has 0 amide bonds. The van der Waals surface area contributed by atoms with E-state index in [1.54, 1.807) is 12.2 Å². The number of aliphatic hydroxyl groups excluding tert-OH is 2. The molecule has 0 aromatic heterocycles. The lowest BCUT2D eigenvalue weighted by atomic mass is 9.90. The zero-order valence-corrected chi connectivity index (χ0v) is 15.1. The van der Waals surface area contributed by atoms with Crippen LogP contribution in [0.1, 0.15) is 64.7 Å². The van der Waals surface area contributed by atoms with Crippen LogP contribution in [0.5, 0.6) is 0 Å². The molecule has 5 heteroatoms. The van der Waals surface area contributed by atoms with Crippen molar-refractivity contribution in [1.29, 1.82) is 0 Å². The summed E-state index contributed by atoms with van der Waals surface area (Å²) in [6, 6.07) is 0. The molecule has 4 atom stereocenters. The zero-order chi connectivity index (χ0) is 18.7. The van der Waals surface area contributed by atoms with Crippen molar-refractivity contribution in [2.24, 2.45) is 11.8 Å². The molecule has 0 saturated heterocycles. The maximum atomic E-state index is 12.1. The van der Waals surface area contributed by atoms with Crippen LogP contribution < -0.4 is 0 Å². The van der Waals surface area contributed by atoms with Gasteiger partial charge in [-0.3, -0.25) is 9.59 Å². The van der Waals surface area contributed by atoms with Gasteiger partial charge in [-0.25, -0.2) is 0 Å². The van der Waals surface area contributed by atoms with Crippen LogP contribution in [-0.4, -0.2) is 39.3 Å². The van der Waals surface area contributed by atoms with E-state index >= 15 is 0 Å². The highest BCUT2D eigenvalue weighted by Gasteiger charge is 2.39. The number of unbranched alkanes of at least 4 members (excludes halogenated alkanes) is 3. The lowest BCUT2D eigenvalue weighted by Gasteiger charge is -2.17. The average molecular weight is 352 g/mol. The Morgan fingerprint density at radius 1 is 1.28 bits per heavy atom. The van der Waals surface area contributed by atoms with Crippen molar-refractivity contribution in [3.8, 4) is 0 Å². The standard InChI is InChI=1S/C20H32O5/c1-2-3-6-9-15(21)12-13-17-16(18(22)14-19(17)23)10-7-4-5-8-11-20(24)25/h4,7,12-13,15-18,21-22H,2-3,5-6,8-11,14H2,1H3,(H,24,25)/b7-4-,13-12+/t15-,16+,17+,18+/m1/s1. The number of carboxylic acid groups (broad SMARTS) is 1. The third-order valence-corrected chi connectivity index (χ3v) is 4.72. The van der Waals surface area contributed by atoms with Gasteiger partial charge in [-0.05, 0) is 25.7 Å². The van der Waals surface area contributed by atoms with Crippen molar-refractivity contribution >= 4 is 11.8 Å². The van der Waals surface area contributed by atoms with Crippen LogP contribution in [0.4, 0.5) is 0 Å². The largest absolute Gasteiger partial charge is 0.481 e. The van der Waals surface area contributed by atoms with E-state index in [4.69, 9.17) is 5.11 Å². The van der Waals surface area contributed by atoms with Crippen molar-refractivity contribution in [2.75, 3.05) is 0 Å². The predicted molar refractivity (Wildman–Crippen MR) is 97.1 cm³/mol. The minimum absolute atomic E-state index is 0.0220. The third kappa shape index (κ3) is 8.45. The van der Waals surface area contributed by atoms with Crippen LogP contribution >= 0.6 is 0 Å². The van der Waals surface area contributed by atoms with E-state index in [9.17, 15) is 19.8 Å². The number of allylic oxidation sites excluding steroid dienone is 3. The van der Waals surface area contributed by atoms with E-state index < -0.39 is 18.2 Å². The van der Waals surface area contributed by atoms with Crippen molar-refractivity contribution in [1.82, 2.24) is 0 Å². The maximum absolute atomic E-state index is 12.1. The molecule has 1 rings (SSSR count). The molecule has 0 radical (unpaired) electrons. The fourth-order valence-corrected chi connectivity index (χ4v) is 3.22. The summed E-state index contributed by atoms with van der Waals surface area (Å²) in [5.74, 6) is -1.29. The molecule has 5 nitrogen and oxygen atoms in total. The van der Waals surface area contributed by atoms with Gasteiger partial charge in [0.15, 0.2) is 0 Å². The first-order valence-corrected chi connectivity index (χ1v) is 9.39. The first-order chi connectivity index (χ1) is 12.0. The summed E-state index contributed by atoms with van der Waals surface area (Å²) in [5, 5.41) is 28.7. The molecule has 0 heterocycles. The smallest absolute Gasteiger partial charge is 0.303 e. The maximum Gasteiger partial charge on any atom is 0.303 e. The Kier molecular flexibility index (Phi) is 10.3. The molecule has 1 fully saturated rings. The molecule has 0 aromatic rings. The second-order valence-electron chi connectivity index (χ2n) is 6.87. The summed E-state index contributed by atoms with van der Waals surface area (Å²) in [4.78, 5) is 22.5. The van der Waals surface area contributed by atoms with E-state index in [-0.39, 0.29) is 30.5 Å². The Bertz CT molecular complexity index is 469. The molecule has 1 aliphatic carbocycles. The van der Waals surface area contributed by atoms with Gasteiger partial charge < -0.3 is 15.3 Å². The summed E-state index contributed by atoms with van der Waals surface area (Å²) in [6.07, 6.45) is 12.1. The number of rotatable bonds is 12. The molecule has 0 unspecified atom stereocenters. The lowest BCUT2D eigenvalue weighted by Crippen LogP contribution is -2.19. The normalized spacial score (nSPS) is 25.2. The minimum Gasteiger partial charge on any atom is -0.481 e. The number of hydrogen-bond donors (Lipinski definition) is 3. The van der Waals surface area contributed by atoms with Crippen molar-refractivity contribution in [3.63, 3.8) is 0 Å². The fourth-order valence-electron chi connectivity index (χ4n) is 3.22. The quantitative estimate of drug-likeness (QED) is 0.370. The lowest BCUT2D eigenvalue weighted by molar-refractivity contribution is -0.137. The molecule has 1 aliphatic rings. The zero-order valence-electron chi connectivity index (χ0n) is 15.1. The van der Waals surface area contributed by atoms with Gasteiger partial charge in [0, 0.05) is 24.7 Å². The van der Waals surface area contributed by atoms with Gasteiger partial charge in [-0.15, -0.1) is 0 Å². The Morgan fingerprint density at radius 2 is 2.04 bits per heavy atom. The highest BCUT2D eigenvalue weighted by atomic mass is 16.4. The van der Waals surface area contributed by atoms with Gasteiger partial charge in [-0.2, -0.15) is 0 Å². The number of carbonyl (C=O) groups excluding carboxylic acids is 1. The van der Waals surface area contributed by atoms with Crippen LogP contribution in [-0.2, 0) is 9.59 Å². The molecular weight excluding hydrogens is 320 g/mol. The highest BCUT2D eigenvalue weighted by molar-refractivity contribution is 5.86. The van der Waals surface area contributed by atoms with Crippen molar-refractivity contribution in [3.05, 3.63) is 24.3 Å². The van der Waals surface area contributed by atoms with Crippen LogP contribution in [0.2, 0.25) is 0 Å². The second-order valence-corrected chi connectivity index (χ2v) is 6.87. The number of Topliss-reactive ketones (excluding diaryl/α,β-unsaturated/α-hetero) is 1. The van der Waals surface area contributed by atoms with E-state index in [0.29, 0.717) is 25.7 Å². The van der Waals surface area contributed by atoms with E-state index in [1.807, 2.05) is 12.2 Å². The molecular formula is C20H32O5. The van der Waals surface area contributed by atoms with Crippen molar-refractivity contribution < 1.29 is 24.9 Å². The molecule has 0 bridgehead atoms. The number of carboxylic acids is 1. The molecule has 0 aliphatic heterocycles. The topological polar surface area (TPSA) is 94.8 Å². The molecule has 25 heavy (non-hydrogen) atoms. The monoisotopic (exact) mass is 352 g/mol. The summed E-state index contributed by atoms with van der Waals surface area (Å²) in [5.41, 5.74) is 0. The number of aliphatic carboxylic acids is 1. The summed E-state index contributed by atoms with van der Waals surface area (Å²) >= 11 is 0. The SMILES string of the molecule is CCCCC[C@@H](O)/C=C/[C@@H]1C(=O)C[C@H](O)[C@H]1C/C=C\CCCC(=O)O. The van der Waals surface area contributed by atoms with Gasteiger partial charge in [0.1, 0.15) is 5.78 Å². The highest BCUT2D eigenvalue weighted by Crippen LogP contribution is 2.33. The third-order valence-electron chi connectivity index (χ3n) is 4.72. The second kappa shape index (κ2) is 12.0. The van der Waals surface area contributed by atoms with Crippen LogP contribution in [0, 0.1) is 11.8 Å². The van der Waals surface area contributed by atoms with Crippen LogP contribution in [0.3, 0.4) is 0 Å². The molecule has 1 saturated carbocycles. The molecule has 142 valence electrons. The van der Waals surface area contributed by atoms with Gasteiger partial charge in [0.05, 0.1) is 12.2 Å². The first-order valence-electron chi connectivity index (χ1n) is 9.39. The summed E-state index contributed by atoms with van der Waals surface area (Å²) in [6.45, 7) is 2.11. The van der Waals surface area contributed by atoms with E-state index in [0.717, 1.165) is 19.3 Å². The van der Waals surface area contributed by atoms with Gasteiger partial charge in [0.25, 0.3) is 0 Å². The Labute approximate surface area is 150 Å². The Morgan fingerprint density at radius 3 is 2.72 bits per heavy atom. The summed E-state index contributed by atoms with van der Waals surface area (Å²) in [7, 11) is 0. The van der Waals surface area contributed by atoms with Gasteiger partial charge in [-0.1, -0.05) is 50.5 Å². The Hall–Kier alpha value is -1.46. The van der Waals surface area contributed by atoms with Crippen molar-refractivity contribution in [2.45, 2.75) is 76.9 Å². The molecule has 3 N–H and O–H groups in total. The van der Waals surface area contributed by atoms with Gasteiger partial charge >= 0.3 is 5.97 Å².